The standard InChI is InChI=1S/C24H22N4/c1-13-17-11-24(25-12-17)16(4)23-10-9-22(28-23)15(3)21-8-7-20(27-21)14(2)19-6-5-18(13)26-19/h5-12,27-28H,1-4H3. The van der Waals surface area contributed by atoms with Gasteiger partial charge in [-0.1, -0.05) is 0 Å². The number of nitrogens with zero attached hydrogens (tertiary/aromatic N) is 2. The van der Waals surface area contributed by atoms with Gasteiger partial charge in [0.25, 0.3) is 0 Å². The van der Waals surface area contributed by atoms with E-state index < -0.39 is 0 Å². The van der Waals surface area contributed by atoms with Gasteiger partial charge < -0.3 is 9.97 Å². The third-order valence-corrected chi connectivity index (χ3v) is 5.85. The quantitative estimate of drug-likeness (QED) is 0.343. The molecule has 2 aliphatic heterocycles. The van der Waals surface area contributed by atoms with Gasteiger partial charge in [0.2, 0.25) is 0 Å². The summed E-state index contributed by atoms with van der Waals surface area (Å²) in [5.74, 6) is 0. The van der Waals surface area contributed by atoms with E-state index in [1.807, 2.05) is 6.21 Å². The molecule has 0 atom stereocenters. The van der Waals surface area contributed by atoms with E-state index in [1.54, 1.807) is 0 Å². The molecule has 4 nitrogen and oxygen atoms in total. The minimum Gasteiger partial charge on any atom is -0.355 e. The Balaban J connectivity index is 1.97. The summed E-state index contributed by atoms with van der Waals surface area (Å²) in [6, 6.07) is 10.7. The predicted molar refractivity (Wildman–Crippen MR) is 118 cm³/mol. The molecule has 2 N–H and O–H groups in total. The smallest absolute Gasteiger partial charge is 0.0687 e. The van der Waals surface area contributed by atoms with Crippen LogP contribution in [0.2, 0.25) is 0 Å². The first-order chi connectivity index (χ1) is 13.5. The first-order valence-corrected chi connectivity index (χ1v) is 9.53. The zero-order chi connectivity index (χ0) is 19.4. The van der Waals surface area contributed by atoms with Gasteiger partial charge in [0, 0.05) is 28.3 Å². The summed E-state index contributed by atoms with van der Waals surface area (Å²) in [4.78, 5) is 16.6. The lowest BCUT2D eigenvalue weighted by molar-refractivity contribution is 1.24. The van der Waals surface area contributed by atoms with E-state index in [0.717, 1.165) is 61.4 Å². The first-order valence-electron chi connectivity index (χ1n) is 9.53. The molecule has 5 rings (SSSR count). The Morgan fingerprint density at radius 2 is 1.18 bits per heavy atom. The molecular formula is C24H22N4. The normalized spacial score (nSPS) is 12.7. The summed E-state index contributed by atoms with van der Waals surface area (Å²) < 4.78 is 0. The number of H-pyrrole nitrogens is 2. The zero-order valence-electron chi connectivity index (χ0n) is 16.5. The van der Waals surface area contributed by atoms with E-state index in [-0.39, 0.29) is 0 Å². The van der Waals surface area contributed by atoms with E-state index in [0.29, 0.717) is 0 Å². The molecule has 0 amide bonds. The van der Waals surface area contributed by atoms with Gasteiger partial charge in [0.15, 0.2) is 0 Å². The van der Waals surface area contributed by atoms with Gasteiger partial charge >= 0.3 is 0 Å². The van der Waals surface area contributed by atoms with Gasteiger partial charge in [-0.3, -0.25) is 4.99 Å². The number of hydrogen-bond acceptors (Lipinski definition) is 2. The number of hydrogen-bond donors (Lipinski definition) is 2. The van der Waals surface area contributed by atoms with Gasteiger partial charge in [-0.05, 0) is 98.0 Å². The molecule has 5 heterocycles. The molecule has 0 aliphatic carbocycles. The maximum atomic E-state index is 4.88. The third-order valence-electron chi connectivity index (χ3n) is 5.85. The van der Waals surface area contributed by atoms with Crippen LogP contribution in [0.4, 0.5) is 5.69 Å². The Morgan fingerprint density at radius 3 is 1.82 bits per heavy atom. The van der Waals surface area contributed by atoms with Crippen LogP contribution in [0.3, 0.4) is 0 Å². The number of aromatic nitrogens is 3. The SMILES string of the molecule is Cc1c2cc(c(C)c3ccc([nH]3)c(C)c3ccc([nH]3)c(C)c3nc1C=C3)N=C2. The van der Waals surface area contributed by atoms with E-state index in [1.165, 1.54) is 5.56 Å². The number of rotatable bonds is 0. The highest BCUT2D eigenvalue weighted by Crippen LogP contribution is 2.28. The molecule has 0 radical (unpaired) electrons. The first kappa shape index (κ1) is 16.8. The van der Waals surface area contributed by atoms with Crippen molar-refractivity contribution in [2.45, 2.75) is 27.7 Å². The minimum absolute atomic E-state index is 0.990. The molecule has 3 aromatic rings. The van der Waals surface area contributed by atoms with E-state index in [4.69, 9.17) is 4.98 Å². The molecular weight excluding hydrogens is 344 g/mol. The Bertz CT molecular complexity index is 1250. The van der Waals surface area contributed by atoms with Crippen molar-refractivity contribution < 1.29 is 0 Å². The van der Waals surface area contributed by atoms with Gasteiger partial charge in [-0.2, -0.15) is 0 Å². The molecule has 0 unspecified atom stereocenters. The van der Waals surface area contributed by atoms with Crippen molar-refractivity contribution in [2.75, 3.05) is 0 Å². The highest BCUT2D eigenvalue weighted by Gasteiger charge is 2.11. The Morgan fingerprint density at radius 1 is 0.643 bits per heavy atom. The summed E-state index contributed by atoms with van der Waals surface area (Å²) in [5, 5.41) is 0. The van der Waals surface area contributed by atoms with Crippen molar-refractivity contribution in [3.8, 4) is 0 Å². The Hall–Kier alpha value is -3.40. The van der Waals surface area contributed by atoms with Gasteiger partial charge in [-0.15, -0.1) is 0 Å². The minimum atomic E-state index is 0.990. The summed E-state index contributed by atoms with van der Waals surface area (Å²) in [5.41, 5.74) is 13.1. The fraction of sp³-hybridized carbons (Fsp3) is 0.167. The van der Waals surface area contributed by atoms with Crippen molar-refractivity contribution in [3.05, 3.63) is 69.5 Å². The molecule has 0 spiro atoms. The zero-order valence-corrected chi connectivity index (χ0v) is 16.5. The molecule has 0 saturated heterocycles. The lowest BCUT2D eigenvalue weighted by atomic mass is 10.1. The van der Waals surface area contributed by atoms with E-state index in [9.17, 15) is 0 Å². The van der Waals surface area contributed by atoms with Crippen LogP contribution >= 0.6 is 0 Å². The molecule has 0 fully saturated rings. The number of nitrogens with one attached hydrogen (secondary N) is 2. The monoisotopic (exact) mass is 366 g/mol. The fourth-order valence-electron chi connectivity index (χ4n) is 3.79. The van der Waals surface area contributed by atoms with Gasteiger partial charge in [0.05, 0.1) is 17.1 Å². The molecule has 138 valence electrons. The van der Waals surface area contributed by atoms with Gasteiger partial charge in [-0.25, -0.2) is 4.98 Å². The van der Waals surface area contributed by atoms with Crippen LogP contribution in [0.15, 0.2) is 35.3 Å². The summed E-state index contributed by atoms with van der Waals surface area (Å²) in [6.07, 6.45) is 6.12. The third kappa shape index (κ3) is 2.53. The van der Waals surface area contributed by atoms with Crippen molar-refractivity contribution in [2.24, 2.45) is 4.99 Å². The van der Waals surface area contributed by atoms with Crippen LogP contribution in [-0.4, -0.2) is 21.2 Å². The number of aliphatic imine (C=N–C) groups is 1. The highest BCUT2D eigenvalue weighted by atomic mass is 14.8. The molecule has 2 aliphatic rings. The lowest BCUT2D eigenvalue weighted by Crippen LogP contribution is -1.87. The average molecular weight is 366 g/mol. The van der Waals surface area contributed by atoms with Crippen LogP contribution in [0.1, 0.15) is 39.2 Å². The second-order valence-electron chi connectivity index (χ2n) is 7.53. The fourth-order valence-corrected chi connectivity index (χ4v) is 3.79. The Labute approximate surface area is 163 Å². The molecule has 8 bridgehead atoms. The summed E-state index contributed by atoms with van der Waals surface area (Å²) >= 11 is 0. The van der Waals surface area contributed by atoms with Crippen LogP contribution in [0, 0.1) is 27.7 Å². The molecule has 0 aromatic carbocycles. The largest absolute Gasteiger partial charge is 0.355 e. The molecule has 28 heavy (non-hydrogen) atoms. The van der Waals surface area contributed by atoms with E-state index in [2.05, 4.69) is 85.1 Å². The van der Waals surface area contributed by atoms with Crippen LogP contribution in [0.25, 0.3) is 34.2 Å². The second kappa shape index (κ2) is 6.06. The van der Waals surface area contributed by atoms with Crippen LogP contribution in [0.5, 0.6) is 0 Å². The lowest BCUT2D eigenvalue weighted by Gasteiger charge is -1.97. The van der Waals surface area contributed by atoms with Crippen molar-refractivity contribution in [1.82, 2.24) is 15.0 Å². The van der Waals surface area contributed by atoms with E-state index >= 15 is 0 Å². The summed E-state index contributed by atoms with van der Waals surface area (Å²) in [7, 11) is 0. The molecule has 3 aromatic heterocycles. The number of aryl methyl sites for hydroxylation is 3. The number of aromatic amines is 2. The predicted octanol–water partition coefficient (Wildman–Crippen LogP) is 6.07. The van der Waals surface area contributed by atoms with Crippen LogP contribution in [-0.2, 0) is 0 Å². The molecule has 0 saturated carbocycles. The number of fused-ring (bicyclic) bond motifs is 8. The molecule has 4 heteroatoms. The maximum absolute atomic E-state index is 4.88. The Kier molecular flexibility index (Phi) is 3.63. The average Bonchev–Trinajstić information content (AvgIpc) is 3.49. The topological polar surface area (TPSA) is 56.8 Å². The highest BCUT2D eigenvalue weighted by molar-refractivity contribution is 5.92. The van der Waals surface area contributed by atoms with Crippen molar-refractivity contribution >= 4 is 46.1 Å². The van der Waals surface area contributed by atoms with Crippen LogP contribution < -0.4 is 0 Å². The second-order valence-corrected chi connectivity index (χ2v) is 7.53. The van der Waals surface area contributed by atoms with Gasteiger partial charge in [0.1, 0.15) is 0 Å². The summed E-state index contributed by atoms with van der Waals surface area (Å²) in [6.45, 7) is 8.47. The van der Waals surface area contributed by atoms with Crippen molar-refractivity contribution in [3.63, 3.8) is 0 Å². The van der Waals surface area contributed by atoms with Crippen molar-refractivity contribution in [1.29, 1.82) is 0 Å². The maximum Gasteiger partial charge on any atom is 0.0687 e.